The molecule has 3 N–H and O–H groups in total. The van der Waals surface area contributed by atoms with E-state index in [0.29, 0.717) is 30.2 Å². The quantitative estimate of drug-likeness (QED) is 0.878. The minimum Gasteiger partial charge on any atom is -0.355 e. The van der Waals surface area contributed by atoms with Crippen molar-refractivity contribution in [3.8, 4) is 0 Å². The number of nitrogens with two attached hydrogens (primary N) is 1. The Hall–Kier alpha value is -1.35. The minimum absolute atomic E-state index is 0.0438. The molecular formula is C19H28N2O. The van der Waals surface area contributed by atoms with E-state index in [0.717, 1.165) is 6.42 Å². The summed E-state index contributed by atoms with van der Waals surface area (Å²) in [4.78, 5) is 12.6. The van der Waals surface area contributed by atoms with Crippen LogP contribution in [0.5, 0.6) is 0 Å². The van der Waals surface area contributed by atoms with Gasteiger partial charge in [-0.25, -0.2) is 0 Å². The Bertz CT molecular complexity index is 511. The fraction of sp³-hybridized carbons (Fsp3) is 0.632. The van der Waals surface area contributed by atoms with Gasteiger partial charge in [-0.2, -0.15) is 0 Å². The highest BCUT2D eigenvalue weighted by Gasteiger charge is 2.49. The number of hydrogen-bond donors (Lipinski definition) is 2. The first-order valence-corrected chi connectivity index (χ1v) is 8.66. The standard InChI is InChI=1S/C19H28N2O/c1-12(2)16(13-6-4-3-5-7-13)11-21-19(22)17-14-8-9-15(10-14)18(17)20/h3-7,12,14-18H,8-11,20H2,1-2H3,(H,21,22). The fourth-order valence-electron chi connectivity index (χ4n) is 4.49. The van der Waals surface area contributed by atoms with Crippen LogP contribution in [0.2, 0.25) is 0 Å². The van der Waals surface area contributed by atoms with E-state index in [2.05, 4.69) is 43.4 Å². The molecule has 3 heteroatoms. The summed E-state index contributed by atoms with van der Waals surface area (Å²) in [5.41, 5.74) is 7.58. The second-order valence-electron chi connectivity index (χ2n) is 7.44. The summed E-state index contributed by atoms with van der Waals surface area (Å²) in [6, 6.07) is 10.6. The predicted molar refractivity (Wildman–Crippen MR) is 89.3 cm³/mol. The second kappa shape index (κ2) is 6.41. The van der Waals surface area contributed by atoms with E-state index in [-0.39, 0.29) is 17.9 Å². The molecule has 1 aromatic rings. The molecule has 5 atom stereocenters. The van der Waals surface area contributed by atoms with E-state index in [1.54, 1.807) is 0 Å². The van der Waals surface area contributed by atoms with E-state index >= 15 is 0 Å². The van der Waals surface area contributed by atoms with Crippen molar-refractivity contribution in [2.45, 2.75) is 45.1 Å². The van der Waals surface area contributed by atoms with Crippen molar-refractivity contribution in [1.82, 2.24) is 5.32 Å². The van der Waals surface area contributed by atoms with Crippen molar-refractivity contribution in [3.63, 3.8) is 0 Å². The summed E-state index contributed by atoms with van der Waals surface area (Å²) in [7, 11) is 0. The Labute approximate surface area is 133 Å². The van der Waals surface area contributed by atoms with E-state index in [4.69, 9.17) is 5.73 Å². The monoisotopic (exact) mass is 300 g/mol. The Morgan fingerprint density at radius 1 is 1.23 bits per heavy atom. The van der Waals surface area contributed by atoms with Crippen molar-refractivity contribution < 1.29 is 4.79 Å². The molecule has 2 fully saturated rings. The molecule has 0 aromatic heterocycles. The van der Waals surface area contributed by atoms with E-state index in [1.165, 1.54) is 18.4 Å². The highest BCUT2D eigenvalue weighted by molar-refractivity contribution is 5.80. The summed E-state index contributed by atoms with van der Waals surface area (Å²) in [6.07, 6.45) is 3.56. The van der Waals surface area contributed by atoms with Crippen LogP contribution in [0, 0.1) is 23.7 Å². The largest absolute Gasteiger partial charge is 0.355 e. The average molecular weight is 300 g/mol. The molecule has 1 aromatic carbocycles. The Kier molecular flexibility index (Phi) is 4.53. The molecule has 0 spiro atoms. The third-order valence-electron chi connectivity index (χ3n) is 5.81. The average Bonchev–Trinajstić information content (AvgIpc) is 3.09. The van der Waals surface area contributed by atoms with Crippen molar-refractivity contribution in [2.75, 3.05) is 6.54 Å². The van der Waals surface area contributed by atoms with Crippen LogP contribution in [0.15, 0.2) is 30.3 Å². The zero-order valence-electron chi connectivity index (χ0n) is 13.7. The lowest BCUT2D eigenvalue weighted by Crippen LogP contribution is -2.46. The van der Waals surface area contributed by atoms with Gasteiger partial charge in [0, 0.05) is 18.5 Å². The van der Waals surface area contributed by atoms with Crippen molar-refractivity contribution in [1.29, 1.82) is 0 Å². The number of carbonyl (C=O) groups excluding carboxylic acids is 1. The summed E-state index contributed by atoms with van der Waals surface area (Å²) < 4.78 is 0. The highest BCUT2D eigenvalue weighted by Crippen LogP contribution is 2.47. The molecule has 120 valence electrons. The highest BCUT2D eigenvalue weighted by atomic mass is 16.1. The molecule has 2 saturated carbocycles. The first-order chi connectivity index (χ1) is 10.6. The van der Waals surface area contributed by atoms with Gasteiger partial charge >= 0.3 is 0 Å². The molecule has 0 aliphatic heterocycles. The first-order valence-electron chi connectivity index (χ1n) is 8.66. The zero-order valence-corrected chi connectivity index (χ0v) is 13.7. The number of fused-ring (bicyclic) bond motifs is 2. The maximum Gasteiger partial charge on any atom is 0.224 e. The number of amides is 1. The maximum atomic E-state index is 12.6. The number of rotatable bonds is 5. The van der Waals surface area contributed by atoms with Crippen LogP contribution in [0.1, 0.15) is 44.6 Å². The molecule has 3 nitrogen and oxygen atoms in total. The lowest BCUT2D eigenvalue weighted by atomic mass is 9.83. The van der Waals surface area contributed by atoms with E-state index in [1.807, 2.05) is 6.07 Å². The molecule has 0 saturated heterocycles. The van der Waals surface area contributed by atoms with Crippen LogP contribution in [-0.4, -0.2) is 18.5 Å². The van der Waals surface area contributed by atoms with Crippen molar-refractivity contribution in [3.05, 3.63) is 35.9 Å². The summed E-state index contributed by atoms with van der Waals surface area (Å²) in [6.45, 7) is 5.14. The molecule has 3 rings (SSSR count). The molecule has 2 aliphatic rings. The molecule has 22 heavy (non-hydrogen) atoms. The van der Waals surface area contributed by atoms with Gasteiger partial charge < -0.3 is 11.1 Å². The number of carbonyl (C=O) groups is 1. The normalized spacial score (nSPS) is 31.5. The Balaban J connectivity index is 1.62. The predicted octanol–water partition coefficient (Wildman–Crippen LogP) is 2.92. The lowest BCUT2D eigenvalue weighted by molar-refractivity contribution is -0.127. The molecule has 5 unspecified atom stereocenters. The fourth-order valence-corrected chi connectivity index (χ4v) is 4.49. The summed E-state index contributed by atoms with van der Waals surface area (Å²) in [5.74, 6) is 2.19. The molecule has 2 aliphatic carbocycles. The number of nitrogens with one attached hydrogen (secondary N) is 1. The van der Waals surface area contributed by atoms with Crippen LogP contribution in [0.3, 0.4) is 0 Å². The maximum absolute atomic E-state index is 12.6. The molecular weight excluding hydrogens is 272 g/mol. The smallest absolute Gasteiger partial charge is 0.224 e. The molecule has 0 heterocycles. The minimum atomic E-state index is 0.0438. The topological polar surface area (TPSA) is 55.1 Å². The van der Waals surface area contributed by atoms with Crippen molar-refractivity contribution in [2.24, 2.45) is 29.4 Å². The van der Waals surface area contributed by atoms with Crippen LogP contribution in [-0.2, 0) is 4.79 Å². The van der Waals surface area contributed by atoms with Crippen LogP contribution in [0.4, 0.5) is 0 Å². The van der Waals surface area contributed by atoms with Gasteiger partial charge in [0.25, 0.3) is 0 Å². The van der Waals surface area contributed by atoms with Crippen LogP contribution in [0.25, 0.3) is 0 Å². The first kappa shape index (κ1) is 15.5. The molecule has 0 radical (unpaired) electrons. The van der Waals surface area contributed by atoms with Crippen LogP contribution >= 0.6 is 0 Å². The van der Waals surface area contributed by atoms with E-state index in [9.17, 15) is 4.79 Å². The Morgan fingerprint density at radius 2 is 1.91 bits per heavy atom. The third-order valence-corrected chi connectivity index (χ3v) is 5.81. The van der Waals surface area contributed by atoms with Crippen molar-refractivity contribution >= 4 is 5.91 Å². The SMILES string of the molecule is CC(C)C(CNC(=O)C1C2CCC(C2)C1N)c1ccccc1. The lowest BCUT2D eigenvalue weighted by Gasteiger charge is -2.28. The summed E-state index contributed by atoms with van der Waals surface area (Å²) in [5, 5.41) is 3.20. The summed E-state index contributed by atoms with van der Waals surface area (Å²) >= 11 is 0. The molecule has 1 amide bonds. The van der Waals surface area contributed by atoms with Gasteiger partial charge in [0.15, 0.2) is 0 Å². The van der Waals surface area contributed by atoms with Gasteiger partial charge in [-0.15, -0.1) is 0 Å². The number of benzene rings is 1. The van der Waals surface area contributed by atoms with Gasteiger partial charge in [0.1, 0.15) is 0 Å². The van der Waals surface area contributed by atoms with Crippen LogP contribution < -0.4 is 11.1 Å². The number of hydrogen-bond acceptors (Lipinski definition) is 2. The molecule has 2 bridgehead atoms. The van der Waals surface area contributed by atoms with Gasteiger partial charge in [-0.05, 0) is 42.6 Å². The zero-order chi connectivity index (χ0) is 15.7. The second-order valence-corrected chi connectivity index (χ2v) is 7.44. The third kappa shape index (κ3) is 2.91. The van der Waals surface area contributed by atoms with E-state index < -0.39 is 0 Å². The van der Waals surface area contributed by atoms with Gasteiger partial charge in [0.05, 0.1) is 5.92 Å². The van der Waals surface area contributed by atoms with Gasteiger partial charge in [0.2, 0.25) is 5.91 Å². The van der Waals surface area contributed by atoms with Gasteiger partial charge in [-0.1, -0.05) is 44.2 Å². The van der Waals surface area contributed by atoms with Gasteiger partial charge in [-0.3, -0.25) is 4.79 Å². The Morgan fingerprint density at radius 3 is 2.50 bits per heavy atom.